The normalized spacial score (nSPS) is 14.0. The highest BCUT2D eigenvalue weighted by Gasteiger charge is 2.21. The second kappa shape index (κ2) is 7.85. The number of aromatic nitrogens is 1. The molecule has 146 valence electrons. The van der Waals surface area contributed by atoms with Crippen molar-refractivity contribution in [1.29, 1.82) is 0 Å². The van der Waals surface area contributed by atoms with Crippen molar-refractivity contribution < 1.29 is 14.3 Å². The first-order chi connectivity index (χ1) is 13.5. The molecule has 6 nitrogen and oxygen atoms in total. The van der Waals surface area contributed by atoms with E-state index < -0.39 is 0 Å². The van der Waals surface area contributed by atoms with Crippen LogP contribution in [-0.2, 0) is 6.54 Å². The Morgan fingerprint density at radius 1 is 1.32 bits per heavy atom. The van der Waals surface area contributed by atoms with Crippen molar-refractivity contribution in [2.75, 3.05) is 20.3 Å². The molecule has 28 heavy (non-hydrogen) atoms. The first kappa shape index (κ1) is 18.8. The molecule has 0 fully saturated rings. The van der Waals surface area contributed by atoms with E-state index in [1.165, 1.54) is 0 Å². The Labute approximate surface area is 172 Å². The molecule has 2 amide bonds. The van der Waals surface area contributed by atoms with Gasteiger partial charge in [0.25, 0.3) is 0 Å². The summed E-state index contributed by atoms with van der Waals surface area (Å²) in [5.41, 5.74) is 1.80. The summed E-state index contributed by atoms with van der Waals surface area (Å²) in [6, 6.07) is 11.3. The van der Waals surface area contributed by atoms with Crippen LogP contribution in [0.1, 0.15) is 23.5 Å². The van der Waals surface area contributed by atoms with Gasteiger partial charge in [0, 0.05) is 13.6 Å². The maximum Gasteiger partial charge on any atom is 0.317 e. The average molecular weight is 418 g/mol. The number of carbonyl (C=O) groups excluding carboxylic acids is 1. The highest BCUT2D eigenvalue weighted by Crippen LogP contribution is 2.38. The molecule has 0 spiro atoms. The van der Waals surface area contributed by atoms with E-state index in [1.807, 2.05) is 37.3 Å². The van der Waals surface area contributed by atoms with Crippen molar-refractivity contribution in [1.82, 2.24) is 15.2 Å². The third kappa shape index (κ3) is 3.72. The van der Waals surface area contributed by atoms with Gasteiger partial charge in [-0.3, -0.25) is 0 Å². The van der Waals surface area contributed by atoms with Crippen LogP contribution in [-0.4, -0.2) is 36.2 Å². The van der Waals surface area contributed by atoms with Crippen molar-refractivity contribution >= 4 is 39.2 Å². The van der Waals surface area contributed by atoms with E-state index in [1.54, 1.807) is 29.4 Å². The minimum absolute atomic E-state index is 0.138. The van der Waals surface area contributed by atoms with Crippen LogP contribution in [0.4, 0.5) is 4.79 Å². The fourth-order valence-corrected chi connectivity index (χ4v) is 4.33. The maximum absolute atomic E-state index is 12.6. The summed E-state index contributed by atoms with van der Waals surface area (Å²) >= 11 is 7.86. The van der Waals surface area contributed by atoms with E-state index >= 15 is 0 Å². The van der Waals surface area contributed by atoms with Crippen molar-refractivity contribution in [2.45, 2.75) is 19.5 Å². The van der Waals surface area contributed by atoms with E-state index in [9.17, 15) is 4.79 Å². The quantitative estimate of drug-likeness (QED) is 0.672. The molecule has 2 heterocycles. The molecule has 8 heteroatoms. The number of nitrogens with zero attached hydrogens (tertiary/aromatic N) is 2. The monoisotopic (exact) mass is 417 g/mol. The predicted octanol–water partition coefficient (Wildman–Crippen LogP) is 4.62. The lowest BCUT2D eigenvalue weighted by molar-refractivity contribution is 0.171. The molecule has 4 rings (SSSR count). The summed E-state index contributed by atoms with van der Waals surface area (Å²) in [6.45, 7) is 3.28. The number of amides is 2. The summed E-state index contributed by atoms with van der Waals surface area (Å²) in [7, 11) is 1.77. The zero-order chi connectivity index (χ0) is 19.7. The number of hydrogen-bond acceptors (Lipinski definition) is 5. The molecule has 0 bridgehead atoms. The van der Waals surface area contributed by atoms with E-state index in [0.29, 0.717) is 36.3 Å². The van der Waals surface area contributed by atoms with Gasteiger partial charge in [0.05, 0.1) is 21.3 Å². The van der Waals surface area contributed by atoms with Gasteiger partial charge in [-0.2, -0.15) is 0 Å². The largest absolute Gasteiger partial charge is 0.486 e. The SMILES string of the molecule is CC(c1nc2ccccc2s1)N(C)C(=O)NCc1cc(Cl)c2c(c1)OCCO2. The highest BCUT2D eigenvalue weighted by atomic mass is 35.5. The minimum atomic E-state index is -0.183. The van der Waals surface area contributed by atoms with Crippen LogP contribution in [0.15, 0.2) is 36.4 Å². The number of halogens is 1. The lowest BCUT2D eigenvalue weighted by Crippen LogP contribution is -2.38. The Bertz CT molecular complexity index is 990. The van der Waals surface area contributed by atoms with Gasteiger partial charge in [0.1, 0.15) is 18.2 Å². The minimum Gasteiger partial charge on any atom is -0.486 e. The number of hydrogen-bond donors (Lipinski definition) is 1. The summed E-state index contributed by atoms with van der Waals surface area (Å²) in [6.07, 6.45) is 0. The molecule has 0 radical (unpaired) electrons. The fourth-order valence-electron chi connectivity index (χ4n) is 2.98. The van der Waals surface area contributed by atoms with E-state index in [-0.39, 0.29) is 12.1 Å². The number of carbonyl (C=O) groups is 1. The van der Waals surface area contributed by atoms with Crippen molar-refractivity contribution in [3.8, 4) is 11.5 Å². The summed E-state index contributed by atoms with van der Waals surface area (Å²) in [5, 5.41) is 4.31. The van der Waals surface area contributed by atoms with Crippen LogP contribution in [0.25, 0.3) is 10.2 Å². The second-order valence-electron chi connectivity index (χ2n) is 6.57. The van der Waals surface area contributed by atoms with Crippen LogP contribution >= 0.6 is 22.9 Å². The van der Waals surface area contributed by atoms with Crippen molar-refractivity contribution in [2.24, 2.45) is 0 Å². The van der Waals surface area contributed by atoms with Gasteiger partial charge in [-0.1, -0.05) is 23.7 Å². The molecule has 1 aromatic heterocycles. The van der Waals surface area contributed by atoms with Crippen LogP contribution in [0.2, 0.25) is 5.02 Å². The van der Waals surface area contributed by atoms with E-state index in [2.05, 4.69) is 10.3 Å². The number of para-hydroxylation sites is 1. The number of ether oxygens (including phenoxy) is 2. The standard InChI is InChI=1S/C20H20ClN3O3S/c1-12(19-23-15-5-3-4-6-17(15)28-19)24(2)20(25)22-11-13-9-14(21)18-16(10-13)26-7-8-27-18/h3-6,9-10,12H,7-8,11H2,1-2H3,(H,22,25). The van der Waals surface area contributed by atoms with Gasteiger partial charge in [0.15, 0.2) is 11.5 Å². The molecule has 0 saturated heterocycles. The molecule has 1 unspecified atom stereocenters. The van der Waals surface area contributed by atoms with Crippen LogP contribution in [0.5, 0.6) is 11.5 Å². The molecule has 0 saturated carbocycles. The fraction of sp³-hybridized carbons (Fsp3) is 0.300. The first-order valence-electron chi connectivity index (χ1n) is 8.97. The van der Waals surface area contributed by atoms with Gasteiger partial charge < -0.3 is 19.7 Å². The summed E-state index contributed by atoms with van der Waals surface area (Å²) in [5.74, 6) is 1.17. The molecule has 1 N–H and O–H groups in total. The second-order valence-corrected chi connectivity index (χ2v) is 8.04. The molecular weight excluding hydrogens is 398 g/mol. The Balaban J connectivity index is 1.42. The topological polar surface area (TPSA) is 63.7 Å². The van der Waals surface area contributed by atoms with Gasteiger partial charge in [-0.05, 0) is 36.8 Å². The number of rotatable bonds is 4. The van der Waals surface area contributed by atoms with Gasteiger partial charge in [-0.15, -0.1) is 11.3 Å². The lowest BCUT2D eigenvalue weighted by atomic mass is 10.2. The number of benzene rings is 2. The summed E-state index contributed by atoms with van der Waals surface area (Å²) in [4.78, 5) is 18.9. The van der Waals surface area contributed by atoms with Crippen molar-refractivity contribution in [3.63, 3.8) is 0 Å². The number of thiazole rings is 1. The predicted molar refractivity (Wildman–Crippen MR) is 110 cm³/mol. The molecule has 2 aromatic carbocycles. The molecule has 3 aromatic rings. The lowest BCUT2D eigenvalue weighted by Gasteiger charge is -2.24. The van der Waals surface area contributed by atoms with Crippen molar-refractivity contribution in [3.05, 3.63) is 52.0 Å². The smallest absolute Gasteiger partial charge is 0.317 e. The molecule has 1 aliphatic heterocycles. The average Bonchev–Trinajstić information content (AvgIpc) is 3.15. The Kier molecular flexibility index (Phi) is 5.28. The van der Waals surface area contributed by atoms with E-state index in [4.69, 9.17) is 21.1 Å². The first-order valence-corrected chi connectivity index (χ1v) is 10.2. The molecule has 1 aliphatic rings. The number of nitrogens with one attached hydrogen (secondary N) is 1. The number of urea groups is 1. The summed E-state index contributed by atoms with van der Waals surface area (Å²) < 4.78 is 12.2. The van der Waals surface area contributed by atoms with E-state index in [0.717, 1.165) is 20.8 Å². The Morgan fingerprint density at radius 2 is 2.11 bits per heavy atom. The maximum atomic E-state index is 12.6. The van der Waals surface area contributed by atoms with Gasteiger partial charge >= 0.3 is 6.03 Å². The van der Waals surface area contributed by atoms with Crippen LogP contribution < -0.4 is 14.8 Å². The zero-order valence-electron chi connectivity index (χ0n) is 15.6. The molecule has 0 aliphatic carbocycles. The third-order valence-electron chi connectivity index (χ3n) is 4.67. The van der Waals surface area contributed by atoms with Gasteiger partial charge in [-0.25, -0.2) is 9.78 Å². The Morgan fingerprint density at radius 3 is 2.93 bits per heavy atom. The van der Waals surface area contributed by atoms with Crippen LogP contribution in [0, 0.1) is 0 Å². The Hall–Kier alpha value is -2.51. The highest BCUT2D eigenvalue weighted by molar-refractivity contribution is 7.18. The zero-order valence-corrected chi connectivity index (χ0v) is 17.1. The van der Waals surface area contributed by atoms with Crippen LogP contribution in [0.3, 0.4) is 0 Å². The molecular formula is C20H20ClN3O3S. The third-order valence-corrected chi connectivity index (χ3v) is 6.16. The number of fused-ring (bicyclic) bond motifs is 2. The molecule has 1 atom stereocenters. The van der Waals surface area contributed by atoms with Gasteiger partial charge in [0.2, 0.25) is 0 Å².